The predicted molar refractivity (Wildman–Crippen MR) is 144 cm³/mol. The molecule has 0 unspecified atom stereocenters. The highest BCUT2D eigenvalue weighted by Crippen LogP contribution is 2.40. The number of hydrogen-bond acceptors (Lipinski definition) is 7. The van der Waals surface area contributed by atoms with Gasteiger partial charge in [-0.2, -0.15) is 0 Å². The zero-order valence-corrected chi connectivity index (χ0v) is 21.9. The van der Waals surface area contributed by atoms with Crippen molar-refractivity contribution in [3.8, 4) is 5.75 Å². The number of thiophene rings is 1. The highest BCUT2D eigenvalue weighted by atomic mass is 32.1. The molecule has 2 aromatic heterocycles. The van der Waals surface area contributed by atoms with Crippen LogP contribution in [0.15, 0.2) is 57.9 Å². The lowest BCUT2D eigenvalue weighted by atomic mass is 9.95. The number of esters is 1. The maximum Gasteiger partial charge on any atom is 0.341 e. The third-order valence-electron chi connectivity index (χ3n) is 6.35. The molecule has 4 aromatic rings. The summed E-state index contributed by atoms with van der Waals surface area (Å²) in [4.78, 5) is 32.4. The van der Waals surface area contributed by atoms with E-state index < -0.39 is 5.97 Å². The van der Waals surface area contributed by atoms with Crippen LogP contribution in [-0.4, -0.2) is 25.6 Å². The van der Waals surface area contributed by atoms with Crippen LogP contribution in [0.5, 0.6) is 5.75 Å². The molecule has 0 spiro atoms. The maximum atomic E-state index is 13.5. The van der Waals surface area contributed by atoms with E-state index in [9.17, 15) is 9.59 Å². The molecule has 5 rings (SSSR count). The molecule has 1 aliphatic rings. The van der Waals surface area contributed by atoms with Crippen molar-refractivity contribution in [1.29, 1.82) is 0 Å². The molecular weight excluding hydrogens is 488 g/mol. The number of amides is 1. The Labute approximate surface area is 218 Å². The summed E-state index contributed by atoms with van der Waals surface area (Å²) in [6, 6.07) is 14.8. The highest BCUT2D eigenvalue weighted by Gasteiger charge is 2.27. The number of anilines is 1. The first-order valence-electron chi connectivity index (χ1n) is 12.3. The van der Waals surface area contributed by atoms with Crippen LogP contribution in [-0.2, 0) is 17.6 Å². The number of para-hydroxylation sites is 1. The molecule has 190 valence electrons. The summed E-state index contributed by atoms with van der Waals surface area (Å²) >= 11 is 1.46. The Bertz CT molecular complexity index is 1550. The molecule has 7 nitrogen and oxygen atoms in total. The second-order valence-electron chi connectivity index (χ2n) is 8.89. The molecule has 2 heterocycles. The van der Waals surface area contributed by atoms with Gasteiger partial charge in [-0.25, -0.2) is 9.79 Å². The van der Waals surface area contributed by atoms with Gasteiger partial charge in [-0.15, -0.1) is 11.3 Å². The molecular formula is C29H28N2O5S. The molecule has 0 atom stereocenters. The van der Waals surface area contributed by atoms with Gasteiger partial charge in [0.25, 0.3) is 5.91 Å². The number of rotatable bonds is 6. The van der Waals surface area contributed by atoms with Gasteiger partial charge in [0, 0.05) is 16.0 Å². The summed E-state index contributed by atoms with van der Waals surface area (Å²) in [7, 11) is 1.56. The fourth-order valence-electron chi connectivity index (χ4n) is 4.50. The molecule has 8 heteroatoms. The van der Waals surface area contributed by atoms with Crippen molar-refractivity contribution in [1.82, 2.24) is 0 Å². The van der Waals surface area contributed by atoms with E-state index in [0.717, 1.165) is 41.7 Å². The fraction of sp³-hybridized carbons (Fsp3) is 0.276. The summed E-state index contributed by atoms with van der Waals surface area (Å²) in [5.41, 5.74) is 4.04. The van der Waals surface area contributed by atoms with E-state index in [-0.39, 0.29) is 23.6 Å². The Hall–Kier alpha value is -3.91. The van der Waals surface area contributed by atoms with Gasteiger partial charge in [-0.05, 0) is 69.4 Å². The zero-order valence-electron chi connectivity index (χ0n) is 21.1. The summed E-state index contributed by atoms with van der Waals surface area (Å²) in [5, 5.41) is 4.12. The van der Waals surface area contributed by atoms with Crippen molar-refractivity contribution in [2.24, 2.45) is 4.99 Å². The van der Waals surface area contributed by atoms with E-state index >= 15 is 0 Å². The largest absolute Gasteiger partial charge is 0.493 e. The van der Waals surface area contributed by atoms with Crippen LogP contribution in [0.2, 0.25) is 0 Å². The molecule has 2 aromatic carbocycles. The first-order chi connectivity index (χ1) is 18.0. The number of hydrogen-bond donors (Lipinski definition) is 1. The van der Waals surface area contributed by atoms with Crippen LogP contribution in [0.4, 0.5) is 10.7 Å². The predicted octanol–water partition coefficient (Wildman–Crippen LogP) is 6.35. The SMILES string of the molecule is CCOC(=O)c1c(N=c2oc3c(OC)cccc3cc2C(=O)Nc2ccc(C)cc2)sc2c1CCCC2. The number of carbonyl (C=O) groups is 2. The van der Waals surface area contributed by atoms with Crippen molar-refractivity contribution in [2.45, 2.75) is 39.5 Å². The minimum atomic E-state index is -0.398. The van der Waals surface area contributed by atoms with Crippen LogP contribution >= 0.6 is 11.3 Å². The Balaban J connectivity index is 1.70. The van der Waals surface area contributed by atoms with Gasteiger partial charge in [-0.3, -0.25) is 4.79 Å². The van der Waals surface area contributed by atoms with Crippen molar-refractivity contribution in [3.63, 3.8) is 0 Å². The maximum absolute atomic E-state index is 13.5. The molecule has 37 heavy (non-hydrogen) atoms. The van der Waals surface area contributed by atoms with Crippen molar-refractivity contribution < 1.29 is 23.5 Å². The van der Waals surface area contributed by atoms with Gasteiger partial charge < -0.3 is 19.2 Å². The van der Waals surface area contributed by atoms with Gasteiger partial charge in [0.1, 0.15) is 10.6 Å². The number of methoxy groups -OCH3 is 1. The third-order valence-corrected chi connectivity index (χ3v) is 7.53. The normalized spacial score (nSPS) is 13.3. The van der Waals surface area contributed by atoms with Gasteiger partial charge in [0.05, 0.1) is 19.3 Å². The number of benzene rings is 2. The van der Waals surface area contributed by atoms with E-state index in [2.05, 4.69) is 5.32 Å². The minimum absolute atomic E-state index is 0.103. The second-order valence-corrected chi connectivity index (χ2v) is 9.97. The smallest absolute Gasteiger partial charge is 0.341 e. The van der Waals surface area contributed by atoms with Crippen LogP contribution < -0.4 is 15.6 Å². The van der Waals surface area contributed by atoms with Gasteiger partial charge in [-0.1, -0.05) is 29.8 Å². The first kappa shape index (κ1) is 24.8. The molecule has 1 N–H and O–H groups in total. The van der Waals surface area contributed by atoms with Crippen molar-refractivity contribution in [3.05, 3.63) is 81.2 Å². The Morgan fingerprint density at radius 1 is 1.11 bits per heavy atom. The zero-order chi connectivity index (χ0) is 25.9. The van der Waals surface area contributed by atoms with Crippen LogP contribution in [0.1, 0.15) is 56.5 Å². The van der Waals surface area contributed by atoms with E-state index in [4.69, 9.17) is 18.9 Å². The number of nitrogens with zero attached hydrogens (tertiary/aromatic N) is 1. The number of aryl methyl sites for hydroxylation is 2. The van der Waals surface area contributed by atoms with Crippen LogP contribution in [0, 0.1) is 6.92 Å². The third kappa shape index (κ3) is 5.02. The average Bonchev–Trinajstić information content (AvgIpc) is 3.27. The fourth-order valence-corrected chi connectivity index (χ4v) is 5.75. The molecule has 0 saturated heterocycles. The number of ether oxygens (including phenoxy) is 2. The standard InChI is InChI=1S/C29H28N2O5S/c1-4-35-29(33)24-20-9-5-6-11-23(20)37-28(24)31-27-21(26(32)30-19-14-12-17(2)13-15-19)16-18-8-7-10-22(34-3)25(18)36-27/h7-8,10,12-16H,4-6,9,11H2,1-3H3,(H,30,32). The number of nitrogens with one attached hydrogen (secondary N) is 1. The summed E-state index contributed by atoms with van der Waals surface area (Å²) in [6.45, 7) is 4.04. The average molecular weight is 517 g/mol. The lowest BCUT2D eigenvalue weighted by Crippen LogP contribution is -2.21. The summed E-state index contributed by atoms with van der Waals surface area (Å²) < 4.78 is 17.1. The minimum Gasteiger partial charge on any atom is -0.493 e. The van der Waals surface area contributed by atoms with Crippen molar-refractivity contribution in [2.75, 3.05) is 19.0 Å². The van der Waals surface area contributed by atoms with E-state index in [1.165, 1.54) is 11.3 Å². The lowest BCUT2D eigenvalue weighted by Gasteiger charge is -2.12. The van der Waals surface area contributed by atoms with E-state index in [1.807, 2.05) is 43.3 Å². The van der Waals surface area contributed by atoms with Crippen molar-refractivity contribution >= 4 is 44.9 Å². The topological polar surface area (TPSA) is 90.1 Å². The summed E-state index contributed by atoms with van der Waals surface area (Å²) in [6.07, 6.45) is 3.78. The lowest BCUT2D eigenvalue weighted by molar-refractivity contribution is 0.0526. The van der Waals surface area contributed by atoms with Gasteiger partial charge in [0.2, 0.25) is 5.55 Å². The molecule has 0 bridgehead atoms. The monoisotopic (exact) mass is 516 g/mol. The Morgan fingerprint density at radius 3 is 2.65 bits per heavy atom. The van der Waals surface area contributed by atoms with E-state index in [0.29, 0.717) is 33.0 Å². The summed E-state index contributed by atoms with van der Waals surface area (Å²) in [5.74, 6) is -0.240. The number of fused-ring (bicyclic) bond motifs is 2. The molecule has 0 saturated carbocycles. The molecule has 1 amide bonds. The quantitative estimate of drug-likeness (QED) is 0.302. The molecule has 0 aliphatic heterocycles. The molecule has 0 radical (unpaired) electrons. The van der Waals surface area contributed by atoms with Gasteiger partial charge in [0.15, 0.2) is 11.3 Å². The first-order valence-corrected chi connectivity index (χ1v) is 13.2. The van der Waals surface area contributed by atoms with Gasteiger partial charge >= 0.3 is 5.97 Å². The van der Waals surface area contributed by atoms with Crippen LogP contribution in [0.25, 0.3) is 11.0 Å². The van der Waals surface area contributed by atoms with E-state index in [1.54, 1.807) is 26.2 Å². The molecule has 0 fully saturated rings. The Morgan fingerprint density at radius 2 is 1.89 bits per heavy atom. The van der Waals surface area contributed by atoms with Crippen LogP contribution in [0.3, 0.4) is 0 Å². The Kier molecular flexibility index (Phi) is 7.10. The molecule has 1 aliphatic carbocycles. The number of carbonyl (C=O) groups excluding carboxylic acids is 2. The highest BCUT2D eigenvalue weighted by molar-refractivity contribution is 7.16. The second kappa shape index (κ2) is 10.6.